The molecule has 19 heavy (non-hydrogen) atoms. The maximum Gasteiger partial charge on any atom is 0.343 e. The van der Waals surface area contributed by atoms with Crippen LogP contribution in [0.4, 0.5) is 8.78 Å². The largest absolute Gasteiger partial charge is 0.384 e. The van der Waals surface area contributed by atoms with E-state index in [4.69, 9.17) is 11.1 Å². The van der Waals surface area contributed by atoms with Gasteiger partial charge in [-0.05, 0) is 23.9 Å². The van der Waals surface area contributed by atoms with Gasteiger partial charge >= 0.3 is 5.69 Å². The summed E-state index contributed by atoms with van der Waals surface area (Å²) in [6, 6.07) is 1.91. The highest BCUT2D eigenvalue weighted by atomic mass is 32.2. The van der Waals surface area contributed by atoms with Gasteiger partial charge < -0.3 is 5.73 Å². The average Bonchev–Trinajstić information content (AvgIpc) is 2.65. The Balaban J connectivity index is 2.44. The van der Waals surface area contributed by atoms with E-state index in [1.807, 2.05) is 0 Å². The Kier molecular flexibility index (Phi) is 3.38. The summed E-state index contributed by atoms with van der Waals surface area (Å²) < 4.78 is 28.6. The second kappa shape index (κ2) is 4.84. The molecule has 0 aliphatic carbocycles. The molecule has 1 aromatic carbocycles. The first kappa shape index (κ1) is 13.3. The van der Waals surface area contributed by atoms with Crippen molar-refractivity contribution in [2.45, 2.75) is 10.1 Å². The first-order chi connectivity index (χ1) is 8.90. The van der Waals surface area contributed by atoms with Crippen LogP contribution < -0.4 is 11.4 Å². The topological polar surface area (TPSA) is 101 Å². The summed E-state index contributed by atoms with van der Waals surface area (Å²) >= 11 is 0.668. The van der Waals surface area contributed by atoms with E-state index in [1.165, 1.54) is 7.05 Å². The summed E-state index contributed by atoms with van der Waals surface area (Å²) in [5.41, 5.74) is 4.63. The Bertz CT molecular complexity index is 685. The zero-order valence-corrected chi connectivity index (χ0v) is 10.5. The second-order valence-corrected chi connectivity index (χ2v) is 4.63. The fraction of sp³-hybridized carbons (Fsp3) is 0.100. The van der Waals surface area contributed by atoms with Gasteiger partial charge in [0.05, 0.1) is 4.90 Å². The Morgan fingerprint density at radius 3 is 2.47 bits per heavy atom. The van der Waals surface area contributed by atoms with Crippen molar-refractivity contribution in [3.8, 4) is 0 Å². The molecular formula is C10H9F2N5OS. The third kappa shape index (κ3) is 2.50. The van der Waals surface area contributed by atoms with Gasteiger partial charge in [0.2, 0.25) is 0 Å². The van der Waals surface area contributed by atoms with Crippen molar-refractivity contribution in [1.29, 1.82) is 5.41 Å². The molecule has 0 bridgehead atoms. The number of hydrogen-bond acceptors (Lipinski definition) is 4. The van der Waals surface area contributed by atoms with Crippen LogP contribution in [0.25, 0.3) is 0 Å². The molecule has 0 amide bonds. The van der Waals surface area contributed by atoms with Crippen LogP contribution in [0.3, 0.4) is 0 Å². The van der Waals surface area contributed by atoms with Gasteiger partial charge in [-0.15, -0.1) is 5.10 Å². The van der Waals surface area contributed by atoms with E-state index in [2.05, 4.69) is 10.2 Å². The van der Waals surface area contributed by atoms with Crippen LogP contribution in [-0.2, 0) is 7.05 Å². The minimum Gasteiger partial charge on any atom is -0.384 e. The van der Waals surface area contributed by atoms with Gasteiger partial charge in [-0.25, -0.2) is 18.7 Å². The number of aromatic nitrogens is 3. The second-order valence-electron chi connectivity index (χ2n) is 3.66. The van der Waals surface area contributed by atoms with E-state index in [9.17, 15) is 13.6 Å². The lowest BCUT2D eigenvalue weighted by Crippen LogP contribution is -2.13. The number of aromatic amines is 1. The highest BCUT2D eigenvalue weighted by molar-refractivity contribution is 7.99. The molecular weight excluding hydrogens is 276 g/mol. The number of nitrogen functional groups attached to an aromatic ring is 1. The normalized spacial score (nSPS) is 10.7. The number of nitrogens with one attached hydrogen (secondary N) is 2. The van der Waals surface area contributed by atoms with Crippen molar-refractivity contribution in [3.05, 3.63) is 39.8 Å². The molecule has 0 spiro atoms. The zero-order chi connectivity index (χ0) is 14.2. The van der Waals surface area contributed by atoms with Gasteiger partial charge in [0.1, 0.15) is 17.5 Å². The third-order valence-corrected chi connectivity index (χ3v) is 3.48. The maximum atomic E-state index is 13.8. The van der Waals surface area contributed by atoms with E-state index in [0.29, 0.717) is 11.8 Å². The molecule has 0 saturated carbocycles. The van der Waals surface area contributed by atoms with Crippen molar-refractivity contribution in [2.75, 3.05) is 0 Å². The number of nitrogens with zero attached hydrogens (tertiary/aromatic N) is 2. The van der Waals surface area contributed by atoms with E-state index >= 15 is 0 Å². The Labute approximate surface area is 110 Å². The molecule has 2 aromatic rings. The number of hydrogen-bond donors (Lipinski definition) is 3. The first-order valence-electron chi connectivity index (χ1n) is 5.03. The number of amidine groups is 1. The molecule has 0 saturated heterocycles. The van der Waals surface area contributed by atoms with Gasteiger partial charge in [-0.2, -0.15) is 0 Å². The van der Waals surface area contributed by atoms with E-state index in [-0.39, 0.29) is 15.6 Å². The molecule has 1 aromatic heterocycles. The van der Waals surface area contributed by atoms with Crippen molar-refractivity contribution in [3.63, 3.8) is 0 Å². The Morgan fingerprint density at radius 1 is 1.47 bits per heavy atom. The van der Waals surface area contributed by atoms with Gasteiger partial charge in [0.25, 0.3) is 0 Å². The van der Waals surface area contributed by atoms with E-state index in [0.717, 1.165) is 16.7 Å². The number of rotatable bonds is 3. The molecule has 0 radical (unpaired) electrons. The summed E-state index contributed by atoms with van der Waals surface area (Å²) in [7, 11) is 1.42. The molecule has 100 valence electrons. The van der Waals surface area contributed by atoms with Crippen LogP contribution in [-0.4, -0.2) is 20.6 Å². The predicted molar refractivity (Wildman–Crippen MR) is 65.3 cm³/mol. The van der Waals surface area contributed by atoms with Crippen LogP contribution in [0.2, 0.25) is 0 Å². The summed E-state index contributed by atoms with van der Waals surface area (Å²) in [5.74, 6) is -2.17. The number of benzene rings is 1. The third-order valence-electron chi connectivity index (χ3n) is 2.34. The molecule has 0 aliphatic heterocycles. The molecule has 2 rings (SSSR count). The summed E-state index contributed by atoms with van der Waals surface area (Å²) in [6.45, 7) is 0. The number of nitrogens with two attached hydrogens (primary N) is 1. The fourth-order valence-corrected chi connectivity index (χ4v) is 2.13. The highest BCUT2D eigenvalue weighted by Crippen LogP contribution is 2.30. The summed E-state index contributed by atoms with van der Waals surface area (Å²) in [5, 5.41) is 13.1. The number of halogens is 2. The Morgan fingerprint density at radius 2 is 2.05 bits per heavy atom. The van der Waals surface area contributed by atoms with Gasteiger partial charge in [0.15, 0.2) is 5.16 Å². The van der Waals surface area contributed by atoms with Crippen LogP contribution in [0, 0.1) is 17.0 Å². The van der Waals surface area contributed by atoms with Crippen molar-refractivity contribution in [2.24, 2.45) is 12.8 Å². The molecule has 4 N–H and O–H groups in total. The predicted octanol–water partition coefficient (Wildman–Crippen LogP) is 0.822. The lowest BCUT2D eigenvalue weighted by Gasteiger charge is -2.06. The van der Waals surface area contributed by atoms with Crippen LogP contribution in [0.15, 0.2) is 27.0 Å². The monoisotopic (exact) mass is 285 g/mol. The highest BCUT2D eigenvalue weighted by Gasteiger charge is 2.16. The van der Waals surface area contributed by atoms with E-state index < -0.39 is 23.2 Å². The molecule has 9 heteroatoms. The zero-order valence-electron chi connectivity index (χ0n) is 9.70. The van der Waals surface area contributed by atoms with Crippen LogP contribution in [0.1, 0.15) is 5.56 Å². The summed E-state index contributed by atoms with van der Waals surface area (Å²) in [6.07, 6.45) is 0. The van der Waals surface area contributed by atoms with Crippen LogP contribution >= 0.6 is 11.8 Å². The van der Waals surface area contributed by atoms with Gasteiger partial charge in [-0.1, -0.05) is 0 Å². The quantitative estimate of drug-likeness (QED) is 0.574. The van der Waals surface area contributed by atoms with Gasteiger partial charge in [-0.3, -0.25) is 9.98 Å². The van der Waals surface area contributed by atoms with Crippen molar-refractivity contribution in [1.82, 2.24) is 14.8 Å². The van der Waals surface area contributed by atoms with E-state index in [1.54, 1.807) is 0 Å². The standard InChI is InChI=1S/C10H9F2N5OS/c1-17-9(18)15-16-10(17)19-7-5(11)2-4(8(13)14)3-6(7)12/h2-3H,1H3,(H3,13,14)(H,15,18). The smallest absolute Gasteiger partial charge is 0.343 e. The van der Waals surface area contributed by atoms with Crippen molar-refractivity contribution >= 4 is 17.6 Å². The van der Waals surface area contributed by atoms with Crippen LogP contribution in [0.5, 0.6) is 0 Å². The molecule has 0 fully saturated rings. The van der Waals surface area contributed by atoms with Crippen molar-refractivity contribution < 1.29 is 8.78 Å². The molecule has 6 nitrogen and oxygen atoms in total. The lowest BCUT2D eigenvalue weighted by molar-refractivity contribution is 0.539. The molecule has 0 unspecified atom stereocenters. The molecule has 0 aliphatic rings. The van der Waals surface area contributed by atoms with Gasteiger partial charge in [0, 0.05) is 12.6 Å². The lowest BCUT2D eigenvalue weighted by atomic mass is 10.2. The minimum atomic E-state index is -0.870. The average molecular weight is 285 g/mol. The SMILES string of the molecule is Cn1c(Sc2c(F)cc(C(=N)N)cc2F)n[nH]c1=O. The first-order valence-corrected chi connectivity index (χ1v) is 5.84. The minimum absolute atomic E-state index is 0.0460. The molecule has 1 heterocycles. The fourth-order valence-electron chi connectivity index (χ4n) is 1.33. The summed E-state index contributed by atoms with van der Waals surface area (Å²) in [4.78, 5) is 10.8. The maximum absolute atomic E-state index is 13.8. The molecule has 0 atom stereocenters. The number of H-pyrrole nitrogens is 1. The Hall–Kier alpha value is -2.16.